The Hall–Kier alpha value is -6.39. The van der Waals surface area contributed by atoms with Gasteiger partial charge in [-0.15, -0.1) is 0 Å². The standard InChI is InChI=1S/C35H24N2O8/c1-18-24(30(38)28(32(40)26(18)16-36)20-8-12-22(13-9-20)34(42)43)6-4-3-5-7-25-19(2)27(17-37)33(41)29(31(25)39)21-10-14-23(15-11-21)35(44)45/h3-15,28-29,38H,1-2H3,(H,42,43)(H,44,45)/b5-3?,6-4?,25-7-. The highest BCUT2D eigenvalue weighted by Crippen LogP contribution is 2.38. The molecule has 222 valence electrons. The first-order chi connectivity index (χ1) is 21.4. The van der Waals surface area contributed by atoms with Gasteiger partial charge in [0.25, 0.3) is 0 Å². The molecule has 4 rings (SSSR count). The molecule has 0 bridgehead atoms. The lowest BCUT2D eigenvalue weighted by atomic mass is 9.76. The molecule has 2 aliphatic rings. The minimum Gasteiger partial charge on any atom is -0.511 e. The van der Waals surface area contributed by atoms with Crippen molar-refractivity contribution in [3.8, 4) is 12.1 Å². The molecule has 2 atom stereocenters. The summed E-state index contributed by atoms with van der Waals surface area (Å²) in [5.74, 6) is -7.04. The molecule has 0 radical (unpaired) electrons. The molecular formula is C35H24N2O8. The first kappa shape index (κ1) is 31.5. The number of nitrogens with zero attached hydrogens (tertiary/aromatic N) is 2. The Morgan fingerprint density at radius 1 is 0.689 bits per heavy atom. The topological polar surface area (TPSA) is 194 Å². The summed E-state index contributed by atoms with van der Waals surface area (Å²) in [4.78, 5) is 61.9. The van der Waals surface area contributed by atoms with Crippen LogP contribution in [0.5, 0.6) is 0 Å². The molecule has 0 aromatic heterocycles. The zero-order valence-electron chi connectivity index (χ0n) is 23.9. The Bertz CT molecular complexity index is 1940. The van der Waals surface area contributed by atoms with Gasteiger partial charge in [0.15, 0.2) is 17.3 Å². The third-order valence-electron chi connectivity index (χ3n) is 7.61. The van der Waals surface area contributed by atoms with Gasteiger partial charge in [0.05, 0.1) is 22.3 Å². The van der Waals surface area contributed by atoms with Gasteiger partial charge in [-0.1, -0.05) is 54.6 Å². The normalized spacial score (nSPS) is 19.9. The molecular weight excluding hydrogens is 576 g/mol. The maximum absolute atomic E-state index is 13.4. The van der Waals surface area contributed by atoms with Crippen LogP contribution in [0.3, 0.4) is 0 Å². The Morgan fingerprint density at radius 2 is 1.16 bits per heavy atom. The molecule has 0 amide bonds. The van der Waals surface area contributed by atoms with Gasteiger partial charge >= 0.3 is 11.9 Å². The SMILES string of the molecule is CC1=C(C#N)C(=O)C(c2ccc(C(=O)O)cc2)C(O)=C1C=CC=C/C=C1\C(=O)C(c2ccc(C(=O)O)cc2)C(=O)C(C#N)=C1C. The third kappa shape index (κ3) is 5.94. The highest BCUT2D eigenvalue weighted by molar-refractivity contribution is 6.26. The number of carbonyl (C=O) groups excluding carboxylic acids is 3. The molecule has 2 aromatic rings. The minimum absolute atomic E-state index is 0.00715. The van der Waals surface area contributed by atoms with E-state index in [1.54, 1.807) is 0 Å². The second-order valence-electron chi connectivity index (χ2n) is 10.2. The molecule has 2 aliphatic carbocycles. The molecule has 45 heavy (non-hydrogen) atoms. The van der Waals surface area contributed by atoms with E-state index >= 15 is 0 Å². The zero-order chi connectivity index (χ0) is 33.0. The first-order valence-corrected chi connectivity index (χ1v) is 13.4. The fourth-order valence-electron chi connectivity index (χ4n) is 5.17. The van der Waals surface area contributed by atoms with Gasteiger partial charge in [0.2, 0.25) is 0 Å². The molecule has 0 spiro atoms. The van der Waals surface area contributed by atoms with Crippen molar-refractivity contribution in [3.05, 3.63) is 140 Å². The Morgan fingerprint density at radius 3 is 1.64 bits per heavy atom. The van der Waals surface area contributed by atoms with Crippen molar-refractivity contribution in [2.24, 2.45) is 0 Å². The van der Waals surface area contributed by atoms with Crippen molar-refractivity contribution in [2.45, 2.75) is 25.7 Å². The van der Waals surface area contributed by atoms with Gasteiger partial charge < -0.3 is 15.3 Å². The number of ketones is 3. The lowest BCUT2D eigenvalue weighted by Crippen LogP contribution is -2.30. The molecule has 0 fully saturated rings. The van der Waals surface area contributed by atoms with Gasteiger partial charge in [-0.25, -0.2) is 9.59 Å². The molecule has 0 aliphatic heterocycles. The van der Waals surface area contributed by atoms with Gasteiger partial charge in [-0.2, -0.15) is 10.5 Å². The summed E-state index contributed by atoms with van der Waals surface area (Å²) in [6.07, 6.45) is 7.41. The van der Waals surface area contributed by atoms with Crippen LogP contribution in [0, 0.1) is 22.7 Å². The summed E-state index contributed by atoms with van der Waals surface area (Å²) in [6.45, 7) is 3.00. The quantitative estimate of drug-likeness (QED) is 0.216. The molecule has 2 unspecified atom stereocenters. The average molecular weight is 601 g/mol. The van der Waals surface area contributed by atoms with E-state index in [0.29, 0.717) is 5.56 Å². The van der Waals surface area contributed by atoms with Crippen molar-refractivity contribution in [1.82, 2.24) is 0 Å². The summed E-state index contributed by atoms with van der Waals surface area (Å²) in [5, 5.41) is 48.7. The van der Waals surface area contributed by atoms with Crippen molar-refractivity contribution in [1.29, 1.82) is 10.5 Å². The summed E-state index contributed by atoms with van der Waals surface area (Å²) in [7, 11) is 0. The Kier molecular flexibility index (Phi) is 9.01. The smallest absolute Gasteiger partial charge is 0.335 e. The Labute approximate surface area is 257 Å². The van der Waals surface area contributed by atoms with Crippen molar-refractivity contribution >= 4 is 29.3 Å². The van der Waals surface area contributed by atoms with E-state index in [9.17, 15) is 39.6 Å². The number of carboxylic acid groups (broad SMARTS) is 2. The van der Waals surface area contributed by atoms with E-state index in [0.717, 1.165) is 0 Å². The summed E-state index contributed by atoms with van der Waals surface area (Å²) in [6, 6.07) is 14.4. The number of carbonyl (C=O) groups is 5. The van der Waals surface area contributed by atoms with E-state index in [4.69, 9.17) is 10.2 Å². The number of nitriles is 2. The number of carboxylic acids is 2. The molecule has 3 N–H and O–H groups in total. The zero-order valence-corrected chi connectivity index (χ0v) is 23.9. The number of allylic oxidation sites excluding steroid dienone is 12. The molecule has 0 saturated heterocycles. The number of benzene rings is 2. The average Bonchev–Trinajstić information content (AvgIpc) is 3.01. The number of aromatic carboxylic acids is 2. The largest absolute Gasteiger partial charge is 0.511 e. The van der Waals surface area contributed by atoms with E-state index in [-0.39, 0.29) is 55.9 Å². The van der Waals surface area contributed by atoms with Gasteiger partial charge in [-0.3, -0.25) is 14.4 Å². The third-order valence-corrected chi connectivity index (χ3v) is 7.61. The van der Waals surface area contributed by atoms with E-state index in [2.05, 4.69) is 0 Å². The number of hydrogen-bond donors (Lipinski definition) is 3. The van der Waals surface area contributed by atoms with Crippen molar-refractivity contribution in [3.63, 3.8) is 0 Å². The molecule has 2 aromatic carbocycles. The van der Waals surface area contributed by atoms with Crippen LogP contribution in [0.1, 0.15) is 57.5 Å². The van der Waals surface area contributed by atoms with Gasteiger partial charge in [0, 0.05) is 11.1 Å². The van der Waals surface area contributed by atoms with Crippen LogP contribution in [0.15, 0.2) is 118 Å². The maximum Gasteiger partial charge on any atom is 0.335 e. The number of aliphatic hydroxyl groups excluding tert-OH is 1. The van der Waals surface area contributed by atoms with Crippen molar-refractivity contribution in [2.75, 3.05) is 0 Å². The second-order valence-corrected chi connectivity index (χ2v) is 10.2. The lowest BCUT2D eigenvalue weighted by Gasteiger charge is -2.24. The molecule has 10 heteroatoms. The second kappa shape index (κ2) is 12.9. The van der Waals surface area contributed by atoms with Crippen molar-refractivity contribution < 1.29 is 39.3 Å². The highest BCUT2D eigenvalue weighted by atomic mass is 16.4. The van der Waals surface area contributed by atoms with Crippen LogP contribution in [0.2, 0.25) is 0 Å². The van der Waals surface area contributed by atoms with E-state index in [1.807, 2.05) is 12.1 Å². The number of aliphatic hydroxyl groups is 1. The van der Waals surface area contributed by atoms with Crippen LogP contribution >= 0.6 is 0 Å². The maximum atomic E-state index is 13.4. The predicted molar refractivity (Wildman–Crippen MR) is 160 cm³/mol. The van der Waals surface area contributed by atoms with Crippen LogP contribution in [0.25, 0.3) is 0 Å². The first-order valence-electron chi connectivity index (χ1n) is 13.4. The minimum atomic E-state index is -1.32. The van der Waals surface area contributed by atoms with E-state index in [1.165, 1.54) is 92.8 Å². The van der Waals surface area contributed by atoms with Crippen LogP contribution in [-0.2, 0) is 14.4 Å². The monoisotopic (exact) mass is 600 g/mol. The Balaban J connectivity index is 1.66. The summed E-state index contributed by atoms with van der Waals surface area (Å²) in [5.41, 5.74) is 0.948. The number of Topliss-reactive ketones (excluding diaryl/α,β-unsaturated/α-hetero) is 3. The molecule has 10 nitrogen and oxygen atoms in total. The van der Waals surface area contributed by atoms with Gasteiger partial charge in [-0.05, 0) is 60.4 Å². The lowest BCUT2D eigenvalue weighted by molar-refractivity contribution is -0.125. The number of rotatable bonds is 7. The molecule has 0 heterocycles. The van der Waals surface area contributed by atoms with Crippen LogP contribution in [-0.4, -0.2) is 44.6 Å². The van der Waals surface area contributed by atoms with Gasteiger partial charge in [0.1, 0.15) is 29.7 Å². The van der Waals surface area contributed by atoms with Crippen LogP contribution in [0.4, 0.5) is 0 Å². The highest BCUT2D eigenvalue weighted by Gasteiger charge is 2.39. The summed E-state index contributed by atoms with van der Waals surface area (Å²) < 4.78 is 0. The fourth-order valence-corrected chi connectivity index (χ4v) is 5.17. The number of hydrogen-bond acceptors (Lipinski definition) is 8. The van der Waals surface area contributed by atoms with E-state index < -0.39 is 41.1 Å². The molecule has 0 saturated carbocycles. The predicted octanol–water partition coefficient (Wildman–Crippen LogP) is 5.22. The fraction of sp³-hybridized carbons (Fsp3) is 0.114. The summed E-state index contributed by atoms with van der Waals surface area (Å²) >= 11 is 0. The van der Waals surface area contributed by atoms with Crippen LogP contribution < -0.4 is 0 Å².